The lowest BCUT2D eigenvalue weighted by molar-refractivity contribution is 0.0599. The Kier molecular flexibility index (Phi) is 5.73. The van der Waals surface area contributed by atoms with Crippen LogP contribution in [0.1, 0.15) is 36.2 Å². The fraction of sp³-hybridized carbons (Fsp3) is 0.562. The number of thiazole rings is 1. The van der Waals surface area contributed by atoms with E-state index in [0.29, 0.717) is 25.2 Å². The Morgan fingerprint density at radius 2 is 2.23 bits per heavy atom. The van der Waals surface area contributed by atoms with E-state index in [-0.39, 0.29) is 11.9 Å². The molecule has 1 fully saturated rings. The number of carbonyl (C=O) groups excluding carboxylic acids is 1. The monoisotopic (exact) mass is 397 g/mol. The van der Waals surface area contributed by atoms with Crippen molar-refractivity contribution in [1.82, 2.24) is 24.4 Å². The molecule has 1 saturated heterocycles. The highest BCUT2D eigenvalue weighted by molar-refractivity contribution is 7.88. The van der Waals surface area contributed by atoms with Gasteiger partial charge in [-0.3, -0.25) is 9.48 Å². The SMILES string of the molecule is Cn1cc(-c2nc(C(=O)N3CCCCC3CCNS(C)(=O)=O)cs2)cn1. The maximum atomic E-state index is 12.9. The Morgan fingerprint density at radius 3 is 2.92 bits per heavy atom. The lowest BCUT2D eigenvalue weighted by Gasteiger charge is -2.35. The summed E-state index contributed by atoms with van der Waals surface area (Å²) in [7, 11) is -1.37. The van der Waals surface area contributed by atoms with Crippen LogP contribution >= 0.6 is 11.3 Å². The second-order valence-electron chi connectivity index (χ2n) is 6.54. The summed E-state index contributed by atoms with van der Waals surface area (Å²) in [6, 6.07) is 0.0361. The number of hydrogen-bond donors (Lipinski definition) is 1. The standard InChI is InChI=1S/C16H23N5O3S2/c1-20-10-12(9-17-20)15-19-14(11-25-15)16(22)21-8-4-3-5-13(21)6-7-18-26(2,23)24/h9-11,13,18H,3-8H2,1-2H3. The first-order valence-electron chi connectivity index (χ1n) is 8.53. The predicted octanol–water partition coefficient (Wildman–Crippen LogP) is 1.48. The van der Waals surface area contributed by atoms with E-state index in [0.717, 1.165) is 36.1 Å². The highest BCUT2D eigenvalue weighted by atomic mass is 32.2. The summed E-state index contributed by atoms with van der Waals surface area (Å²) in [5.74, 6) is -0.0829. The molecular weight excluding hydrogens is 374 g/mol. The van der Waals surface area contributed by atoms with Gasteiger partial charge in [0.05, 0.1) is 12.5 Å². The molecule has 0 saturated carbocycles. The molecule has 0 spiro atoms. The van der Waals surface area contributed by atoms with E-state index in [9.17, 15) is 13.2 Å². The second-order valence-corrected chi connectivity index (χ2v) is 9.24. The Balaban J connectivity index is 1.69. The fourth-order valence-corrected chi connectivity index (χ4v) is 4.42. The van der Waals surface area contributed by atoms with Gasteiger partial charge in [0.1, 0.15) is 10.7 Å². The van der Waals surface area contributed by atoms with Gasteiger partial charge >= 0.3 is 0 Å². The number of rotatable bonds is 6. The minimum Gasteiger partial charge on any atom is -0.334 e. The van der Waals surface area contributed by atoms with Crippen molar-refractivity contribution in [3.05, 3.63) is 23.5 Å². The molecule has 2 aromatic heterocycles. The largest absolute Gasteiger partial charge is 0.334 e. The lowest BCUT2D eigenvalue weighted by Crippen LogP contribution is -2.45. The first kappa shape index (κ1) is 19.0. The number of amides is 1. The highest BCUT2D eigenvalue weighted by Crippen LogP contribution is 2.26. The molecule has 1 aliphatic heterocycles. The molecule has 1 unspecified atom stereocenters. The average Bonchev–Trinajstić information content (AvgIpc) is 3.22. The number of hydrogen-bond acceptors (Lipinski definition) is 6. The number of nitrogens with zero attached hydrogens (tertiary/aromatic N) is 4. The third-order valence-corrected chi connectivity index (χ3v) is 6.02. The van der Waals surface area contributed by atoms with E-state index in [1.165, 1.54) is 11.3 Å². The van der Waals surface area contributed by atoms with Crippen LogP contribution in [0.2, 0.25) is 0 Å². The topological polar surface area (TPSA) is 97.2 Å². The third kappa shape index (κ3) is 4.68. The summed E-state index contributed by atoms with van der Waals surface area (Å²) in [6.07, 6.45) is 8.25. The number of nitrogens with one attached hydrogen (secondary N) is 1. The van der Waals surface area contributed by atoms with Gasteiger partial charge in [-0.05, 0) is 25.7 Å². The molecule has 10 heteroatoms. The Morgan fingerprint density at radius 1 is 1.42 bits per heavy atom. The molecule has 26 heavy (non-hydrogen) atoms. The van der Waals surface area contributed by atoms with E-state index < -0.39 is 10.0 Å². The zero-order valence-corrected chi connectivity index (χ0v) is 16.5. The van der Waals surface area contributed by atoms with Crippen LogP contribution in [0.15, 0.2) is 17.8 Å². The molecule has 3 rings (SSSR count). The van der Waals surface area contributed by atoms with Crippen molar-refractivity contribution in [2.45, 2.75) is 31.7 Å². The maximum absolute atomic E-state index is 12.9. The van der Waals surface area contributed by atoms with Crippen molar-refractivity contribution in [2.24, 2.45) is 7.05 Å². The summed E-state index contributed by atoms with van der Waals surface area (Å²) in [5.41, 5.74) is 1.33. The molecule has 1 atom stereocenters. The smallest absolute Gasteiger partial charge is 0.273 e. The van der Waals surface area contributed by atoms with Gasteiger partial charge < -0.3 is 4.90 Å². The van der Waals surface area contributed by atoms with E-state index in [1.807, 2.05) is 18.1 Å². The molecular formula is C16H23N5O3S2. The summed E-state index contributed by atoms with van der Waals surface area (Å²) < 4.78 is 26.7. The lowest BCUT2D eigenvalue weighted by atomic mass is 9.99. The Bertz CT molecular complexity index is 874. The van der Waals surface area contributed by atoms with Gasteiger partial charge in [0.25, 0.3) is 5.91 Å². The van der Waals surface area contributed by atoms with Crippen molar-refractivity contribution in [2.75, 3.05) is 19.3 Å². The summed E-state index contributed by atoms with van der Waals surface area (Å²) >= 11 is 1.43. The number of piperidine rings is 1. The number of aromatic nitrogens is 3. The normalized spacial score (nSPS) is 18.2. The van der Waals surface area contributed by atoms with Crippen LogP contribution in [-0.2, 0) is 17.1 Å². The van der Waals surface area contributed by atoms with E-state index in [4.69, 9.17) is 0 Å². The molecule has 1 N–H and O–H groups in total. The Labute approximate surface area is 157 Å². The minimum absolute atomic E-state index is 0.0361. The van der Waals surface area contributed by atoms with Crippen molar-refractivity contribution in [1.29, 1.82) is 0 Å². The van der Waals surface area contributed by atoms with Gasteiger partial charge in [-0.15, -0.1) is 11.3 Å². The quantitative estimate of drug-likeness (QED) is 0.796. The Hall–Kier alpha value is -1.78. The van der Waals surface area contributed by atoms with Crippen LogP contribution in [0, 0.1) is 0 Å². The van der Waals surface area contributed by atoms with Gasteiger partial charge in [-0.1, -0.05) is 0 Å². The molecule has 0 bridgehead atoms. The van der Waals surface area contributed by atoms with Crippen molar-refractivity contribution >= 4 is 27.3 Å². The number of sulfonamides is 1. The van der Waals surface area contributed by atoms with Gasteiger partial charge in [0, 0.05) is 43.3 Å². The van der Waals surface area contributed by atoms with Crippen LogP contribution < -0.4 is 4.72 Å². The molecule has 1 amide bonds. The van der Waals surface area contributed by atoms with Crippen molar-refractivity contribution < 1.29 is 13.2 Å². The second kappa shape index (κ2) is 7.85. The van der Waals surface area contributed by atoms with E-state index in [1.54, 1.807) is 16.3 Å². The van der Waals surface area contributed by atoms with Crippen LogP contribution in [0.3, 0.4) is 0 Å². The van der Waals surface area contributed by atoms with Crippen LogP contribution in [0.4, 0.5) is 0 Å². The number of likely N-dealkylation sites (tertiary alicyclic amines) is 1. The predicted molar refractivity (Wildman–Crippen MR) is 100 cm³/mol. The van der Waals surface area contributed by atoms with Crippen molar-refractivity contribution in [3.8, 4) is 10.6 Å². The average molecular weight is 398 g/mol. The summed E-state index contributed by atoms with van der Waals surface area (Å²) in [6.45, 7) is 1.02. The number of aryl methyl sites for hydroxylation is 1. The number of carbonyl (C=O) groups is 1. The van der Waals surface area contributed by atoms with Crippen LogP contribution in [0.25, 0.3) is 10.6 Å². The molecule has 2 aromatic rings. The molecule has 0 aliphatic carbocycles. The minimum atomic E-state index is -3.21. The molecule has 3 heterocycles. The first-order valence-corrected chi connectivity index (χ1v) is 11.3. The molecule has 8 nitrogen and oxygen atoms in total. The van der Waals surface area contributed by atoms with Gasteiger partial charge in [-0.2, -0.15) is 5.10 Å². The van der Waals surface area contributed by atoms with Crippen LogP contribution in [-0.4, -0.2) is 59.4 Å². The zero-order chi connectivity index (χ0) is 18.7. The van der Waals surface area contributed by atoms with E-state index in [2.05, 4.69) is 14.8 Å². The maximum Gasteiger partial charge on any atom is 0.273 e. The summed E-state index contributed by atoms with van der Waals surface area (Å²) in [4.78, 5) is 19.3. The molecule has 142 valence electrons. The molecule has 1 aliphatic rings. The third-order valence-electron chi connectivity index (χ3n) is 4.40. The molecule has 0 aromatic carbocycles. The summed E-state index contributed by atoms with van der Waals surface area (Å²) in [5, 5.41) is 6.69. The van der Waals surface area contributed by atoms with Gasteiger partial charge in [0.15, 0.2) is 0 Å². The van der Waals surface area contributed by atoms with E-state index >= 15 is 0 Å². The van der Waals surface area contributed by atoms with Gasteiger partial charge in [-0.25, -0.2) is 18.1 Å². The zero-order valence-electron chi connectivity index (χ0n) is 14.9. The van der Waals surface area contributed by atoms with Crippen molar-refractivity contribution in [3.63, 3.8) is 0 Å². The molecule has 0 radical (unpaired) electrons. The highest BCUT2D eigenvalue weighted by Gasteiger charge is 2.28. The van der Waals surface area contributed by atoms with Crippen LogP contribution in [0.5, 0.6) is 0 Å². The fourth-order valence-electron chi connectivity index (χ4n) is 3.16. The van der Waals surface area contributed by atoms with Gasteiger partial charge in [0.2, 0.25) is 10.0 Å². The first-order chi connectivity index (χ1) is 12.3.